The zero-order chi connectivity index (χ0) is 7.15. The molecular weight excluding hydrogens is 190 g/mol. The van der Waals surface area contributed by atoms with Crippen LogP contribution in [0.25, 0.3) is 0 Å². The van der Waals surface area contributed by atoms with Crippen LogP contribution in [0.15, 0.2) is 0 Å². The van der Waals surface area contributed by atoms with E-state index in [9.17, 15) is 7.77 Å². The molecule has 2 unspecified atom stereocenters. The molecule has 0 heterocycles. The number of rotatable bonds is 0. The Balaban J connectivity index is -0.0000000720. The van der Waals surface area contributed by atoms with E-state index in [0.717, 1.165) is 0 Å². The average Bonchev–Trinajstić information content (AvgIpc) is 1.25. The first-order chi connectivity index (χ1) is 3.46. The molecule has 0 aliphatic carbocycles. The van der Waals surface area contributed by atoms with Crippen molar-refractivity contribution in [2.75, 3.05) is 0 Å². The molecule has 9 heteroatoms. The van der Waals surface area contributed by atoms with Gasteiger partial charge in [0.25, 0.3) is 0 Å². The normalized spacial score (nSPS) is 13.8. The molecule has 0 aliphatic rings. The first-order valence-corrected chi connectivity index (χ1v) is 2.93. The van der Waals surface area contributed by atoms with E-state index in [1.54, 1.807) is 0 Å². The van der Waals surface area contributed by atoms with Crippen molar-refractivity contribution < 1.29 is 25.3 Å². The van der Waals surface area contributed by atoms with Crippen LogP contribution in [0.5, 0.6) is 0 Å². The van der Waals surface area contributed by atoms with E-state index in [0.29, 0.717) is 0 Å². The molecule has 0 aromatic heterocycles. The summed E-state index contributed by atoms with van der Waals surface area (Å²) >= 11 is -6.72. The fourth-order valence-electron chi connectivity index (χ4n) is 0. The first kappa shape index (κ1) is 16.4. The summed E-state index contributed by atoms with van der Waals surface area (Å²) in [6.07, 6.45) is 0. The van der Waals surface area contributed by atoms with Gasteiger partial charge in [0.1, 0.15) is 22.9 Å². The topological polar surface area (TPSA) is 80.3 Å². The smallest absolute Gasteiger partial charge is 0.746 e. The summed E-state index contributed by atoms with van der Waals surface area (Å²) < 4.78 is 53.2. The molecule has 2 atom stereocenters. The van der Waals surface area contributed by atoms with E-state index in [1.165, 1.54) is 0 Å². The fraction of sp³-hybridized carbons (Fsp3) is 0. The van der Waals surface area contributed by atoms with E-state index >= 15 is 0 Å². The largest absolute Gasteiger partial charge is 2.00 e. The molecule has 52 valence electrons. The molecule has 0 rings (SSSR count). The zero-order valence-corrected chi connectivity index (χ0v) is 6.96. The van der Waals surface area contributed by atoms with Crippen LogP contribution >= 0.6 is 0 Å². The Morgan fingerprint density at radius 2 is 1.00 bits per heavy atom. The molecule has 9 heavy (non-hydrogen) atoms. The predicted molar refractivity (Wildman–Crippen MR) is 25.8 cm³/mol. The van der Waals surface area contributed by atoms with Gasteiger partial charge in [-0.25, -0.2) is 8.42 Å². The molecule has 0 aromatic carbocycles. The van der Waals surface area contributed by atoms with Crippen LogP contribution in [-0.2, 0) is 22.9 Å². The summed E-state index contributed by atoms with van der Waals surface area (Å²) in [5.41, 5.74) is 0. The van der Waals surface area contributed by atoms with Gasteiger partial charge in [0, 0.05) is 0 Å². The summed E-state index contributed by atoms with van der Waals surface area (Å²) in [6, 6.07) is 0. The SMILES string of the molecule is O=S([O-])F.O=S([O-])F.[Mg+2]. The van der Waals surface area contributed by atoms with Crippen molar-refractivity contribution >= 4 is 46.0 Å². The van der Waals surface area contributed by atoms with Crippen LogP contribution in [0.2, 0.25) is 0 Å². The van der Waals surface area contributed by atoms with Crippen molar-refractivity contribution in [3.05, 3.63) is 0 Å². The quantitative estimate of drug-likeness (QED) is 0.282. The Kier molecular flexibility index (Phi) is 21.2. The molecule has 0 fully saturated rings. The monoisotopic (exact) mass is 190 g/mol. The molecule has 0 saturated carbocycles. The van der Waals surface area contributed by atoms with Gasteiger partial charge < -0.3 is 9.11 Å². The van der Waals surface area contributed by atoms with Gasteiger partial charge in [-0.3, -0.25) is 0 Å². The molecule has 0 aromatic rings. The Hall–Kier alpha value is 0.846. The van der Waals surface area contributed by atoms with Crippen molar-refractivity contribution in [2.45, 2.75) is 0 Å². The van der Waals surface area contributed by atoms with Crippen molar-refractivity contribution in [3.8, 4) is 0 Å². The molecule has 0 amide bonds. The summed E-state index contributed by atoms with van der Waals surface area (Å²) in [6.45, 7) is 0. The molecule has 0 N–H and O–H groups in total. The third-order valence-electron chi connectivity index (χ3n) is 0. The Morgan fingerprint density at radius 1 is 1.00 bits per heavy atom. The second kappa shape index (κ2) is 11.6. The minimum absolute atomic E-state index is 0. The standard InChI is InChI=1S/2FHO2S.Mg/c2*1-4(2)3;/h2*(H,2,3);/q;;+2/p-2. The molecule has 0 aliphatic heterocycles. The van der Waals surface area contributed by atoms with Gasteiger partial charge in [-0.1, -0.05) is 0 Å². The van der Waals surface area contributed by atoms with E-state index < -0.39 is 22.9 Å². The molecule has 0 radical (unpaired) electrons. The summed E-state index contributed by atoms with van der Waals surface area (Å²) in [7, 11) is 0. The molecule has 0 bridgehead atoms. The van der Waals surface area contributed by atoms with Crippen molar-refractivity contribution in [1.82, 2.24) is 0 Å². The third-order valence-corrected chi connectivity index (χ3v) is 0. The third kappa shape index (κ3) is 579. The minimum Gasteiger partial charge on any atom is -0.746 e. The van der Waals surface area contributed by atoms with E-state index in [1.807, 2.05) is 0 Å². The van der Waals surface area contributed by atoms with E-state index in [2.05, 4.69) is 0 Å². The molecule has 0 saturated heterocycles. The molecule has 0 spiro atoms. The maximum absolute atomic E-state index is 9.92. The van der Waals surface area contributed by atoms with Gasteiger partial charge in [0.2, 0.25) is 0 Å². The van der Waals surface area contributed by atoms with Gasteiger partial charge in [0.15, 0.2) is 0 Å². The summed E-state index contributed by atoms with van der Waals surface area (Å²) in [5, 5.41) is 0. The molecule has 4 nitrogen and oxygen atoms in total. The minimum atomic E-state index is -3.36. The van der Waals surface area contributed by atoms with Crippen molar-refractivity contribution in [2.24, 2.45) is 0 Å². The van der Waals surface area contributed by atoms with Gasteiger partial charge in [-0.2, -0.15) is 0 Å². The summed E-state index contributed by atoms with van der Waals surface area (Å²) in [5.74, 6) is 0. The van der Waals surface area contributed by atoms with Crippen LogP contribution in [0.1, 0.15) is 0 Å². The van der Waals surface area contributed by atoms with Crippen LogP contribution in [-0.4, -0.2) is 40.6 Å². The second-order valence-corrected chi connectivity index (χ2v) is 1.16. The van der Waals surface area contributed by atoms with Crippen LogP contribution in [0, 0.1) is 0 Å². The maximum atomic E-state index is 9.92. The van der Waals surface area contributed by atoms with Crippen molar-refractivity contribution in [3.63, 3.8) is 0 Å². The summed E-state index contributed by atoms with van der Waals surface area (Å²) in [4.78, 5) is 0. The fourth-order valence-corrected chi connectivity index (χ4v) is 0. The van der Waals surface area contributed by atoms with Gasteiger partial charge in [-0.05, 0) is 0 Å². The predicted octanol–water partition coefficient (Wildman–Crippen LogP) is -0.881. The Bertz CT molecular complexity index is 74.6. The van der Waals surface area contributed by atoms with Crippen LogP contribution < -0.4 is 0 Å². The number of hydrogen-bond donors (Lipinski definition) is 0. The average molecular weight is 190 g/mol. The van der Waals surface area contributed by atoms with Crippen molar-refractivity contribution in [1.29, 1.82) is 0 Å². The molecular formula is F2MgO4S2. The van der Waals surface area contributed by atoms with Crippen LogP contribution in [0.4, 0.5) is 7.77 Å². The van der Waals surface area contributed by atoms with E-state index in [-0.39, 0.29) is 23.1 Å². The maximum Gasteiger partial charge on any atom is 2.00 e. The number of hydrogen-bond acceptors (Lipinski definition) is 4. The Labute approximate surface area is 71.3 Å². The van der Waals surface area contributed by atoms with E-state index in [4.69, 9.17) is 17.5 Å². The van der Waals surface area contributed by atoms with Gasteiger partial charge >= 0.3 is 23.1 Å². The second-order valence-electron chi connectivity index (χ2n) is 0.388. The Morgan fingerprint density at radius 3 is 1.00 bits per heavy atom. The van der Waals surface area contributed by atoms with Gasteiger partial charge in [0.05, 0.1) is 0 Å². The first-order valence-electron chi connectivity index (χ1n) is 0.975. The number of halogens is 2. The van der Waals surface area contributed by atoms with Gasteiger partial charge in [-0.15, -0.1) is 7.77 Å². The van der Waals surface area contributed by atoms with Crippen LogP contribution in [0.3, 0.4) is 0 Å². The zero-order valence-electron chi connectivity index (χ0n) is 3.91.